The third-order valence-corrected chi connectivity index (χ3v) is 3.09. The Labute approximate surface area is 121 Å². The Kier molecular flexibility index (Phi) is 4.15. The van der Waals surface area contributed by atoms with Crippen LogP contribution in [0, 0.1) is 17.0 Å². The van der Waals surface area contributed by atoms with Gasteiger partial charge in [-0.3, -0.25) is 14.9 Å². The molecule has 0 bridgehead atoms. The fourth-order valence-electron chi connectivity index (χ4n) is 1.92. The van der Waals surface area contributed by atoms with Crippen molar-refractivity contribution in [3.8, 4) is 0 Å². The van der Waals surface area contributed by atoms with Crippen molar-refractivity contribution in [2.24, 2.45) is 0 Å². The number of nitrogens with zero attached hydrogens (tertiary/aromatic N) is 1. The van der Waals surface area contributed by atoms with Crippen LogP contribution in [0.2, 0.25) is 5.02 Å². The molecule has 0 aliphatic rings. The summed E-state index contributed by atoms with van der Waals surface area (Å²) in [5.41, 5.74) is 2.22. The second-order valence-electron chi connectivity index (χ2n) is 4.54. The summed E-state index contributed by atoms with van der Waals surface area (Å²) in [6.07, 6.45) is 0.192. The van der Waals surface area contributed by atoms with E-state index in [-0.39, 0.29) is 17.9 Å². The van der Waals surface area contributed by atoms with E-state index in [1.807, 2.05) is 6.92 Å². The van der Waals surface area contributed by atoms with Crippen LogP contribution in [0.5, 0.6) is 0 Å². The molecule has 0 N–H and O–H groups in total. The standard InChI is InChI=1S/C15H12ClNO3/c1-10-6-12(9-13(16)7-10)15(18)8-11-2-4-14(5-3-11)17(19)20/h2-7,9H,8H2,1H3. The van der Waals surface area contributed by atoms with Gasteiger partial charge in [-0.15, -0.1) is 0 Å². The van der Waals surface area contributed by atoms with Crippen molar-refractivity contribution >= 4 is 23.1 Å². The minimum atomic E-state index is -0.466. The Morgan fingerprint density at radius 3 is 2.40 bits per heavy atom. The number of ketones is 1. The van der Waals surface area contributed by atoms with Crippen molar-refractivity contribution in [3.63, 3.8) is 0 Å². The van der Waals surface area contributed by atoms with Crippen LogP contribution >= 0.6 is 11.6 Å². The van der Waals surface area contributed by atoms with Gasteiger partial charge in [0.05, 0.1) is 4.92 Å². The average Bonchev–Trinajstić information content (AvgIpc) is 2.38. The Bertz CT molecular complexity index is 645. The van der Waals surface area contributed by atoms with Gasteiger partial charge in [0, 0.05) is 29.1 Å². The zero-order valence-corrected chi connectivity index (χ0v) is 11.6. The van der Waals surface area contributed by atoms with Crippen LogP contribution < -0.4 is 0 Å². The highest BCUT2D eigenvalue weighted by atomic mass is 35.5. The van der Waals surface area contributed by atoms with Crippen LogP contribution in [0.3, 0.4) is 0 Å². The van der Waals surface area contributed by atoms with E-state index in [2.05, 4.69) is 0 Å². The van der Waals surface area contributed by atoms with E-state index in [0.29, 0.717) is 10.6 Å². The van der Waals surface area contributed by atoms with Crippen LogP contribution in [-0.4, -0.2) is 10.7 Å². The third-order valence-electron chi connectivity index (χ3n) is 2.88. The second-order valence-corrected chi connectivity index (χ2v) is 4.98. The van der Waals surface area contributed by atoms with Crippen molar-refractivity contribution < 1.29 is 9.72 Å². The van der Waals surface area contributed by atoms with Gasteiger partial charge in [0.2, 0.25) is 0 Å². The first kappa shape index (κ1) is 14.2. The maximum absolute atomic E-state index is 12.1. The second kappa shape index (κ2) is 5.84. The first-order valence-corrected chi connectivity index (χ1v) is 6.37. The number of benzene rings is 2. The summed E-state index contributed by atoms with van der Waals surface area (Å²) in [5.74, 6) is -0.0653. The lowest BCUT2D eigenvalue weighted by atomic mass is 10.0. The number of rotatable bonds is 4. The van der Waals surface area contributed by atoms with E-state index in [1.54, 1.807) is 30.3 Å². The van der Waals surface area contributed by atoms with Gasteiger partial charge >= 0.3 is 0 Å². The normalized spacial score (nSPS) is 10.3. The molecule has 0 saturated heterocycles. The van der Waals surface area contributed by atoms with Gasteiger partial charge in [-0.1, -0.05) is 23.7 Å². The van der Waals surface area contributed by atoms with Gasteiger partial charge < -0.3 is 0 Å². The molecule has 0 unspecified atom stereocenters. The highest BCUT2D eigenvalue weighted by Crippen LogP contribution is 2.18. The molecule has 102 valence electrons. The van der Waals surface area contributed by atoms with Crippen molar-refractivity contribution in [1.82, 2.24) is 0 Å². The number of non-ortho nitro benzene ring substituents is 1. The molecule has 0 radical (unpaired) electrons. The molecule has 4 nitrogen and oxygen atoms in total. The highest BCUT2D eigenvalue weighted by molar-refractivity contribution is 6.31. The van der Waals surface area contributed by atoms with E-state index in [1.165, 1.54) is 12.1 Å². The molecule has 2 rings (SSSR count). The van der Waals surface area contributed by atoms with Crippen LogP contribution in [-0.2, 0) is 6.42 Å². The predicted molar refractivity (Wildman–Crippen MR) is 77.3 cm³/mol. The van der Waals surface area contributed by atoms with Crippen molar-refractivity contribution in [2.75, 3.05) is 0 Å². The number of nitro groups is 1. The summed E-state index contributed by atoms with van der Waals surface area (Å²) < 4.78 is 0. The molecule has 0 fully saturated rings. The number of hydrogen-bond acceptors (Lipinski definition) is 3. The van der Waals surface area contributed by atoms with E-state index in [4.69, 9.17) is 11.6 Å². The smallest absolute Gasteiger partial charge is 0.269 e. The molecule has 0 amide bonds. The van der Waals surface area contributed by atoms with Crippen molar-refractivity contribution in [2.45, 2.75) is 13.3 Å². The zero-order valence-electron chi connectivity index (χ0n) is 10.8. The summed E-state index contributed by atoms with van der Waals surface area (Å²) in [6, 6.07) is 11.2. The molecular formula is C15H12ClNO3. The molecule has 0 spiro atoms. The van der Waals surface area contributed by atoms with Crippen LogP contribution in [0.4, 0.5) is 5.69 Å². The van der Waals surface area contributed by atoms with Gasteiger partial charge in [-0.2, -0.15) is 0 Å². The van der Waals surface area contributed by atoms with E-state index in [0.717, 1.165) is 11.1 Å². The minimum absolute atomic E-state index is 0.0137. The number of carbonyl (C=O) groups excluding carboxylic acids is 1. The fourth-order valence-corrected chi connectivity index (χ4v) is 2.21. The lowest BCUT2D eigenvalue weighted by molar-refractivity contribution is -0.384. The van der Waals surface area contributed by atoms with Crippen LogP contribution in [0.1, 0.15) is 21.5 Å². The predicted octanol–water partition coefficient (Wildman–Crippen LogP) is 3.98. The molecule has 0 aliphatic heterocycles. The van der Waals surface area contributed by atoms with Gasteiger partial charge in [0.25, 0.3) is 5.69 Å². The minimum Gasteiger partial charge on any atom is -0.294 e. The Morgan fingerprint density at radius 2 is 1.85 bits per heavy atom. The average molecular weight is 290 g/mol. The van der Waals surface area contributed by atoms with E-state index in [9.17, 15) is 14.9 Å². The highest BCUT2D eigenvalue weighted by Gasteiger charge is 2.10. The summed E-state index contributed by atoms with van der Waals surface area (Å²) >= 11 is 5.93. The summed E-state index contributed by atoms with van der Waals surface area (Å²) in [7, 11) is 0. The number of carbonyl (C=O) groups is 1. The van der Waals surface area contributed by atoms with Crippen molar-refractivity contribution in [1.29, 1.82) is 0 Å². The number of Topliss-reactive ketones (excluding diaryl/α,β-unsaturated/α-hetero) is 1. The molecule has 0 aliphatic carbocycles. The van der Waals surface area contributed by atoms with E-state index >= 15 is 0 Å². The largest absolute Gasteiger partial charge is 0.294 e. The number of halogens is 1. The fraction of sp³-hybridized carbons (Fsp3) is 0.133. The first-order valence-electron chi connectivity index (χ1n) is 5.99. The number of nitro benzene ring substituents is 1. The molecule has 2 aromatic carbocycles. The lowest BCUT2D eigenvalue weighted by Gasteiger charge is -2.04. The maximum Gasteiger partial charge on any atom is 0.269 e. The molecule has 0 aromatic heterocycles. The lowest BCUT2D eigenvalue weighted by Crippen LogP contribution is -2.04. The first-order chi connectivity index (χ1) is 9.45. The van der Waals surface area contributed by atoms with Gasteiger partial charge in [-0.05, 0) is 36.2 Å². The molecule has 0 atom stereocenters. The quantitative estimate of drug-likeness (QED) is 0.486. The number of aryl methyl sites for hydroxylation is 1. The molecule has 0 saturated carbocycles. The topological polar surface area (TPSA) is 60.2 Å². The van der Waals surface area contributed by atoms with Gasteiger partial charge in [0.15, 0.2) is 5.78 Å². The zero-order chi connectivity index (χ0) is 14.7. The molecule has 2 aromatic rings. The van der Waals surface area contributed by atoms with Gasteiger partial charge in [0.1, 0.15) is 0 Å². The molecule has 5 heteroatoms. The van der Waals surface area contributed by atoms with Crippen LogP contribution in [0.25, 0.3) is 0 Å². The Morgan fingerprint density at radius 1 is 1.20 bits per heavy atom. The maximum atomic E-state index is 12.1. The monoisotopic (exact) mass is 289 g/mol. The van der Waals surface area contributed by atoms with Gasteiger partial charge in [-0.25, -0.2) is 0 Å². The number of hydrogen-bond donors (Lipinski definition) is 0. The summed E-state index contributed by atoms with van der Waals surface area (Å²) in [6.45, 7) is 1.87. The Balaban J connectivity index is 2.16. The molecule has 20 heavy (non-hydrogen) atoms. The molecule has 0 heterocycles. The Hall–Kier alpha value is -2.20. The van der Waals surface area contributed by atoms with Crippen LogP contribution in [0.15, 0.2) is 42.5 Å². The summed E-state index contributed by atoms with van der Waals surface area (Å²) in [4.78, 5) is 22.2. The SMILES string of the molecule is Cc1cc(Cl)cc(C(=O)Cc2ccc([N+](=O)[O-])cc2)c1. The molecular weight excluding hydrogens is 278 g/mol. The van der Waals surface area contributed by atoms with E-state index < -0.39 is 4.92 Å². The van der Waals surface area contributed by atoms with Crippen molar-refractivity contribution in [3.05, 3.63) is 74.3 Å². The summed E-state index contributed by atoms with van der Waals surface area (Å²) in [5, 5.41) is 11.1. The third kappa shape index (κ3) is 3.42.